The number of rotatable bonds is 3. The molecule has 0 bridgehead atoms. The summed E-state index contributed by atoms with van der Waals surface area (Å²) in [6.07, 6.45) is 2.16. The number of hydrogen-bond acceptors (Lipinski definition) is 4. The monoisotopic (exact) mass is 306 g/mol. The second kappa shape index (κ2) is 5.46. The van der Waals surface area contributed by atoms with Gasteiger partial charge in [0.15, 0.2) is 0 Å². The number of amides is 1. The van der Waals surface area contributed by atoms with Gasteiger partial charge in [-0.15, -0.1) is 0 Å². The standard InChI is InChI=1S/C14H15ClN4O2/c1-8-5-12(20)16-17-14(8)13-10(7-21-2)18-19-6-9(15)3-4-11(13)19/h3-4,6,8H,5,7H2,1-2H3,(H,16,20). The third-order valence-electron chi connectivity index (χ3n) is 3.46. The van der Waals surface area contributed by atoms with Crippen LogP contribution in [0.5, 0.6) is 0 Å². The van der Waals surface area contributed by atoms with E-state index in [0.717, 1.165) is 22.5 Å². The average molecular weight is 307 g/mol. The number of nitrogens with zero attached hydrogens (tertiary/aromatic N) is 3. The van der Waals surface area contributed by atoms with Gasteiger partial charge in [-0.3, -0.25) is 4.79 Å². The molecule has 3 rings (SSSR count). The molecule has 0 fully saturated rings. The number of methoxy groups -OCH3 is 1. The smallest absolute Gasteiger partial charge is 0.240 e. The van der Waals surface area contributed by atoms with E-state index in [0.29, 0.717) is 18.1 Å². The summed E-state index contributed by atoms with van der Waals surface area (Å²) in [7, 11) is 1.62. The molecule has 1 atom stereocenters. The minimum absolute atomic E-state index is 0.0260. The van der Waals surface area contributed by atoms with E-state index in [1.54, 1.807) is 17.8 Å². The van der Waals surface area contributed by atoms with Gasteiger partial charge in [-0.05, 0) is 12.1 Å². The Morgan fingerprint density at radius 2 is 2.33 bits per heavy atom. The number of aromatic nitrogens is 2. The van der Waals surface area contributed by atoms with E-state index in [1.165, 1.54) is 0 Å². The first kappa shape index (κ1) is 14.0. The SMILES string of the molecule is COCc1nn2cc(Cl)ccc2c1C1=NNC(=O)CC1C. The molecule has 1 aliphatic heterocycles. The zero-order chi connectivity index (χ0) is 15.0. The molecule has 0 aliphatic carbocycles. The van der Waals surface area contributed by atoms with Crippen LogP contribution in [0.2, 0.25) is 5.02 Å². The van der Waals surface area contributed by atoms with Crippen molar-refractivity contribution in [3.63, 3.8) is 0 Å². The van der Waals surface area contributed by atoms with Crippen LogP contribution in [0.25, 0.3) is 5.52 Å². The van der Waals surface area contributed by atoms with Crippen molar-refractivity contribution in [2.45, 2.75) is 20.0 Å². The first-order valence-corrected chi connectivity index (χ1v) is 7.00. The maximum atomic E-state index is 11.4. The minimum Gasteiger partial charge on any atom is -0.378 e. The van der Waals surface area contributed by atoms with Crippen LogP contribution < -0.4 is 5.43 Å². The molecule has 2 aromatic rings. The fraction of sp³-hybridized carbons (Fsp3) is 0.357. The Kier molecular flexibility index (Phi) is 3.65. The molecule has 110 valence electrons. The Balaban J connectivity index is 2.19. The summed E-state index contributed by atoms with van der Waals surface area (Å²) in [6, 6.07) is 3.71. The Hall–Kier alpha value is -1.92. The van der Waals surface area contributed by atoms with Crippen molar-refractivity contribution in [2.24, 2.45) is 11.0 Å². The molecule has 0 spiro atoms. The van der Waals surface area contributed by atoms with Crippen molar-refractivity contribution in [1.29, 1.82) is 0 Å². The van der Waals surface area contributed by atoms with Gasteiger partial charge in [0.25, 0.3) is 0 Å². The van der Waals surface area contributed by atoms with Gasteiger partial charge in [-0.25, -0.2) is 9.94 Å². The van der Waals surface area contributed by atoms with Gasteiger partial charge in [-0.1, -0.05) is 18.5 Å². The number of halogens is 1. The zero-order valence-electron chi connectivity index (χ0n) is 11.8. The molecule has 0 saturated heterocycles. The Labute approximate surface area is 126 Å². The molecule has 1 N–H and O–H groups in total. The third kappa shape index (κ3) is 2.52. The third-order valence-corrected chi connectivity index (χ3v) is 3.69. The van der Waals surface area contributed by atoms with Crippen molar-refractivity contribution >= 4 is 28.7 Å². The summed E-state index contributed by atoms with van der Waals surface area (Å²) < 4.78 is 6.94. The lowest BCUT2D eigenvalue weighted by atomic mass is 9.93. The molecule has 0 radical (unpaired) electrons. The van der Waals surface area contributed by atoms with Gasteiger partial charge >= 0.3 is 0 Å². The number of hydrazone groups is 1. The van der Waals surface area contributed by atoms with Crippen molar-refractivity contribution in [1.82, 2.24) is 15.0 Å². The van der Waals surface area contributed by atoms with E-state index in [1.807, 2.05) is 19.1 Å². The molecule has 1 aliphatic rings. The van der Waals surface area contributed by atoms with E-state index in [4.69, 9.17) is 16.3 Å². The van der Waals surface area contributed by atoms with Crippen LogP contribution >= 0.6 is 11.6 Å². The molecule has 1 unspecified atom stereocenters. The highest BCUT2D eigenvalue weighted by Gasteiger charge is 2.27. The van der Waals surface area contributed by atoms with Gasteiger partial charge < -0.3 is 4.74 Å². The maximum Gasteiger partial charge on any atom is 0.240 e. The highest BCUT2D eigenvalue weighted by Crippen LogP contribution is 2.25. The average Bonchev–Trinajstić information content (AvgIpc) is 2.76. The summed E-state index contributed by atoms with van der Waals surface area (Å²) in [5.74, 6) is -0.0444. The van der Waals surface area contributed by atoms with Crippen LogP contribution in [0.4, 0.5) is 0 Å². The Morgan fingerprint density at radius 3 is 3.05 bits per heavy atom. The number of nitrogens with one attached hydrogen (secondary N) is 1. The van der Waals surface area contributed by atoms with Crippen molar-refractivity contribution in [3.05, 3.63) is 34.6 Å². The lowest BCUT2D eigenvalue weighted by Gasteiger charge is -2.19. The summed E-state index contributed by atoms with van der Waals surface area (Å²) >= 11 is 6.01. The summed E-state index contributed by atoms with van der Waals surface area (Å²) in [5.41, 5.74) is 5.94. The minimum atomic E-state index is -0.0703. The van der Waals surface area contributed by atoms with Crippen molar-refractivity contribution < 1.29 is 9.53 Å². The highest BCUT2D eigenvalue weighted by molar-refractivity contribution is 6.30. The van der Waals surface area contributed by atoms with Gasteiger partial charge in [0.1, 0.15) is 0 Å². The molecule has 0 saturated carbocycles. The predicted octanol–water partition coefficient (Wildman–Crippen LogP) is 1.99. The topological polar surface area (TPSA) is 68.0 Å². The molecule has 6 nitrogen and oxygen atoms in total. The number of carbonyl (C=O) groups is 1. The van der Waals surface area contributed by atoms with Crippen molar-refractivity contribution in [2.75, 3.05) is 7.11 Å². The molecule has 1 amide bonds. The molecule has 7 heteroatoms. The number of hydrogen-bond donors (Lipinski definition) is 1. The van der Waals surface area contributed by atoms with Gasteiger partial charge in [0.2, 0.25) is 5.91 Å². The summed E-state index contributed by atoms with van der Waals surface area (Å²) in [4.78, 5) is 11.4. The first-order chi connectivity index (χ1) is 10.1. The van der Waals surface area contributed by atoms with Crippen LogP contribution in [0.15, 0.2) is 23.4 Å². The lowest BCUT2D eigenvalue weighted by Crippen LogP contribution is -2.32. The Morgan fingerprint density at radius 1 is 1.52 bits per heavy atom. The van der Waals surface area contributed by atoms with Gasteiger partial charge in [-0.2, -0.15) is 10.2 Å². The van der Waals surface area contributed by atoms with Crippen LogP contribution in [0.1, 0.15) is 24.6 Å². The largest absolute Gasteiger partial charge is 0.378 e. The van der Waals surface area contributed by atoms with Crippen LogP contribution in [0.3, 0.4) is 0 Å². The maximum absolute atomic E-state index is 11.4. The number of pyridine rings is 1. The number of ether oxygens (including phenoxy) is 1. The van der Waals surface area contributed by atoms with Crippen LogP contribution in [-0.4, -0.2) is 28.3 Å². The summed E-state index contributed by atoms with van der Waals surface area (Å²) in [6.45, 7) is 2.35. The number of carbonyl (C=O) groups excluding carboxylic acids is 1. The first-order valence-electron chi connectivity index (χ1n) is 6.62. The molecule has 3 heterocycles. The molecule has 0 aromatic carbocycles. The quantitative estimate of drug-likeness (QED) is 0.943. The van der Waals surface area contributed by atoms with E-state index in [2.05, 4.69) is 15.6 Å². The molecule has 21 heavy (non-hydrogen) atoms. The van der Waals surface area contributed by atoms with E-state index in [9.17, 15) is 4.79 Å². The second-order valence-electron chi connectivity index (χ2n) is 5.07. The molecular weight excluding hydrogens is 292 g/mol. The lowest BCUT2D eigenvalue weighted by molar-refractivity contribution is -0.121. The van der Waals surface area contributed by atoms with E-state index < -0.39 is 0 Å². The zero-order valence-corrected chi connectivity index (χ0v) is 12.5. The van der Waals surface area contributed by atoms with Crippen LogP contribution in [0, 0.1) is 5.92 Å². The number of fused-ring (bicyclic) bond motifs is 1. The fourth-order valence-electron chi connectivity index (χ4n) is 2.55. The van der Waals surface area contributed by atoms with Gasteiger partial charge in [0, 0.05) is 31.2 Å². The van der Waals surface area contributed by atoms with Crippen LogP contribution in [-0.2, 0) is 16.1 Å². The highest BCUT2D eigenvalue weighted by atomic mass is 35.5. The molecule has 2 aromatic heterocycles. The normalized spacial score (nSPS) is 18.7. The van der Waals surface area contributed by atoms with E-state index >= 15 is 0 Å². The second-order valence-corrected chi connectivity index (χ2v) is 5.51. The summed E-state index contributed by atoms with van der Waals surface area (Å²) in [5, 5.41) is 9.33. The molecular formula is C14H15ClN4O2. The van der Waals surface area contributed by atoms with E-state index in [-0.39, 0.29) is 11.8 Å². The fourth-order valence-corrected chi connectivity index (χ4v) is 2.70. The van der Waals surface area contributed by atoms with Crippen molar-refractivity contribution in [3.8, 4) is 0 Å². The van der Waals surface area contributed by atoms with Gasteiger partial charge in [0.05, 0.1) is 28.6 Å². The predicted molar refractivity (Wildman–Crippen MR) is 79.4 cm³/mol. The Bertz CT molecular complexity index is 738.